The number of hydrogen-bond acceptors (Lipinski definition) is 4. The second-order valence-electron chi connectivity index (χ2n) is 3.58. The zero-order valence-electron chi connectivity index (χ0n) is 8.68. The summed E-state index contributed by atoms with van der Waals surface area (Å²) in [6.07, 6.45) is 3.17. The number of aromatic amines is 1. The molecule has 0 saturated carbocycles. The summed E-state index contributed by atoms with van der Waals surface area (Å²) >= 11 is 3.36. The van der Waals surface area contributed by atoms with E-state index in [1.54, 1.807) is 6.20 Å². The minimum Gasteiger partial charge on any atom is -0.398 e. The molecule has 1 aromatic carbocycles. The van der Waals surface area contributed by atoms with Gasteiger partial charge in [-0.3, -0.25) is 0 Å². The predicted octanol–water partition coefficient (Wildman–Crippen LogP) is 2.36. The fraction of sp³-hybridized carbons (Fsp3) is 0. The summed E-state index contributed by atoms with van der Waals surface area (Å²) in [5, 5.41) is 0. The second kappa shape index (κ2) is 3.81. The molecule has 0 spiro atoms. The Kier molecular flexibility index (Phi) is 2.29. The van der Waals surface area contributed by atoms with Crippen molar-refractivity contribution in [1.29, 1.82) is 0 Å². The molecule has 0 aliphatic heterocycles. The van der Waals surface area contributed by atoms with E-state index >= 15 is 0 Å². The first-order valence-electron chi connectivity index (χ1n) is 4.95. The topological polar surface area (TPSA) is 80.5 Å². The normalized spacial score (nSPS) is 10.9. The van der Waals surface area contributed by atoms with Crippen LogP contribution in [0.5, 0.6) is 0 Å². The van der Waals surface area contributed by atoms with Crippen molar-refractivity contribution in [2.75, 3.05) is 5.73 Å². The van der Waals surface area contributed by atoms with Gasteiger partial charge in [0.2, 0.25) is 0 Å². The average Bonchev–Trinajstić information content (AvgIpc) is 2.76. The van der Waals surface area contributed by atoms with Crippen molar-refractivity contribution in [2.45, 2.75) is 0 Å². The number of anilines is 1. The third-order valence-electron chi connectivity index (χ3n) is 2.43. The molecule has 0 bridgehead atoms. The lowest BCUT2D eigenvalue weighted by atomic mass is 10.2. The van der Waals surface area contributed by atoms with Crippen molar-refractivity contribution in [3.8, 4) is 11.4 Å². The van der Waals surface area contributed by atoms with Gasteiger partial charge in [0.05, 0.1) is 6.20 Å². The molecule has 0 radical (unpaired) electrons. The van der Waals surface area contributed by atoms with Crippen LogP contribution in [0.1, 0.15) is 0 Å². The quantitative estimate of drug-likeness (QED) is 0.674. The van der Waals surface area contributed by atoms with Gasteiger partial charge in [-0.05, 0) is 34.1 Å². The number of nitrogens with zero attached hydrogens (tertiary/aromatic N) is 3. The molecule has 0 aliphatic carbocycles. The first-order chi connectivity index (χ1) is 8.24. The third kappa shape index (κ3) is 1.76. The van der Waals surface area contributed by atoms with E-state index < -0.39 is 0 Å². The van der Waals surface area contributed by atoms with E-state index in [2.05, 4.69) is 35.9 Å². The van der Waals surface area contributed by atoms with Crippen LogP contribution in [0.25, 0.3) is 22.6 Å². The molecule has 0 amide bonds. The second-order valence-corrected chi connectivity index (χ2v) is 4.44. The molecule has 2 aromatic heterocycles. The van der Waals surface area contributed by atoms with Crippen molar-refractivity contribution in [3.63, 3.8) is 0 Å². The van der Waals surface area contributed by atoms with Crippen LogP contribution in [0.4, 0.5) is 5.69 Å². The zero-order valence-corrected chi connectivity index (χ0v) is 10.3. The van der Waals surface area contributed by atoms with Gasteiger partial charge in [-0.2, -0.15) is 0 Å². The molecule has 0 saturated heterocycles. The Morgan fingerprint density at radius 1 is 1.29 bits per heavy atom. The largest absolute Gasteiger partial charge is 0.398 e. The molecule has 3 aromatic rings. The summed E-state index contributed by atoms with van der Waals surface area (Å²) in [4.78, 5) is 15.5. The maximum Gasteiger partial charge on any atom is 0.181 e. The molecule has 3 N–H and O–H groups in total. The SMILES string of the molecule is Nc1cc(-c2nc3ncncc3[nH]2)ccc1Br. The number of nitrogen functional groups attached to an aromatic ring is 1. The highest BCUT2D eigenvalue weighted by atomic mass is 79.9. The lowest BCUT2D eigenvalue weighted by Gasteiger charge is -2.00. The van der Waals surface area contributed by atoms with Crippen molar-refractivity contribution in [1.82, 2.24) is 19.9 Å². The number of hydrogen-bond donors (Lipinski definition) is 2. The van der Waals surface area contributed by atoms with Gasteiger partial charge in [-0.1, -0.05) is 0 Å². The van der Waals surface area contributed by atoms with Gasteiger partial charge < -0.3 is 10.7 Å². The number of aromatic nitrogens is 4. The lowest BCUT2D eigenvalue weighted by Crippen LogP contribution is -1.88. The van der Waals surface area contributed by atoms with Crippen molar-refractivity contribution in [3.05, 3.63) is 35.2 Å². The Labute approximate surface area is 105 Å². The molecule has 5 nitrogen and oxygen atoms in total. The number of rotatable bonds is 1. The Morgan fingerprint density at radius 3 is 2.94 bits per heavy atom. The first-order valence-corrected chi connectivity index (χ1v) is 5.74. The van der Waals surface area contributed by atoms with E-state index in [1.807, 2.05) is 18.2 Å². The van der Waals surface area contributed by atoms with Gasteiger partial charge in [0.15, 0.2) is 5.65 Å². The van der Waals surface area contributed by atoms with E-state index in [0.29, 0.717) is 11.3 Å². The fourth-order valence-corrected chi connectivity index (χ4v) is 1.84. The van der Waals surface area contributed by atoms with E-state index in [4.69, 9.17) is 5.73 Å². The highest BCUT2D eigenvalue weighted by Crippen LogP contribution is 2.26. The molecule has 0 unspecified atom stereocenters. The average molecular weight is 290 g/mol. The van der Waals surface area contributed by atoms with Gasteiger partial charge in [0.25, 0.3) is 0 Å². The summed E-state index contributed by atoms with van der Waals surface area (Å²) < 4.78 is 0.872. The number of nitrogens with one attached hydrogen (secondary N) is 1. The highest BCUT2D eigenvalue weighted by Gasteiger charge is 2.07. The summed E-state index contributed by atoms with van der Waals surface area (Å²) in [5.74, 6) is 0.736. The number of benzene rings is 1. The van der Waals surface area contributed by atoms with Crippen molar-refractivity contribution < 1.29 is 0 Å². The van der Waals surface area contributed by atoms with Crippen LogP contribution >= 0.6 is 15.9 Å². The van der Waals surface area contributed by atoms with E-state index in [0.717, 1.165) is 21.4 Å². The van der Waals surface area contributed by atoms with Crippen LogP contribution in [0.15, 0.2) is 35.2 Å². The van der Waals surface area contributed by atoms with Gasteiger partial charge in [0, 0.05) is 15.7 Å². The van der Waals surface area contributed by atoms with Crippen LogP contribution in [0, 0.1) is 0 Å². The third-order valence-corrected chi connectivity index (χ3v) is 3.15. The van der Waals surface area contributed by atoms with Gasteiger partial charge in [-0.25, -0.2) is 15.0 Å². The van der Waals surface area contributed by atoms with Gasteiger partial charge in [0.1, 0.15) is 17.7 Å². The van der Waals surface area contributed by atoms with E-state index in [-0.39, 0.29) is 0 Å². The molecule has 0 aliphatic rings. The minimum absolute atomic E-state index is 0.650. The number of imidazole rings is 1. The smallest absolute Gasteiger partial charge is 0.181 e. The van der Waals surface area contributed by atoms with Crippen molar-refractivity contribution in [2.24, 2.45) is 0 Å². The highest BCUT2D eigenvalue weighted by molar-refractivity contribution is 9.10. The van der Waals surface area contributed by atoms with Gasteiger partial charge in [-0.15, -0.1) is 0 Å². The molecular weight excluding hydrogens is 282 g/mol. The summed E-state index contributed by atoms with van der Waals surface area (Å²) in [7, 11) is 0. The molecule has 6 heteroatoms. The molecule has 17 heavy (non-hydrogen) atoms. The van der Waals surface area contributed by atoms with Crippen LogP contribution in [0.3, 0.4) is 0 Å². The monoisotopic (exact) mass is 289 g/mol. The van der Waals surface area contributed by atoms with Gasteiger partial charge >= 0.3 is 0 Å². The zero-order chi connectivity index (χ0) is 11.8. The molecule has 2 heterocycles. The first kappa shape index (κ1) is 10.2. The number of H-pyrrole nitrogens is 1. The number of nitrogens with two attached hydrogens (primary N) is 1. The lowest BCUT2D eigenvalue weighted by molar-refractivity contribution is 1.20. The standard InChI is InChI=1S/C11H8BrN5/c12-7-2-1-6(3-8(7)13)10-16-9-4-14-5-15-11(9)17-10/h1-5H,13H2,(H,14,15,16,17). The fourth-order valence-electron chi connectivity index (χ4n) is 1.59. The summed E-state index contributed by atoms with van der Waals surface area (Å²) in [6.45, 7) is 0. The van der Waals surface area contributed by atoms with Crippen LogP contribution in [-0.4, -0.2) is 19.9 Å². The predicted molar refractivity (Wildman–Crippen MR) is 69.2 cm³/mol. The Bertz CT molecular complexity index is 658. The van der Waals surface area contributed by atoms with Crippen molar-refractivity contribution >= 4 is 32.8 Å². The maximum atomic E-state index is 5.84. The summed E-state index contributed by atoms with van der Waals surface area (Å²) in [6, 6.07) is 5.68. The Balaban J connectivity index is 2.17. The molecule has 84 valence electrons. The molecule has 0 atom stereocenters. The Morgan fingerprint density at radius 2 is 2.18 bits per heavy atom. The van der Waals surface area contributed by atoms with E-state index in [1.165, 1.54) is 6.33 Å². The van der Waals surface area contributed by atoms with Crippen LogP contribution < -0.4 is 5.73 Å². The maximum absolute atomic E-state index is 5.84. The van der Waals surface area contributed by atoms with Crippen LogP contribution in [0.2, 0.25) is 0 Å². The minimum atomic E-state index is 0.650. The van der Waals surface area contributed by atoms with E-state index in [9.17, 15) is 0 Å². The molecular formula is C11H8BrN5. The Hall–Kier alpha value is -1.95. The molecule has 0 fully saturated rings. The number of fused-ring (bicyclic) bond motifs is 1. The summed E-state index contributed by atoms with van der Waals surface area (Å²) in [5.41, 5.74) is 8.89. The number of halogens is 1. The van der Waals surface area contributed by atoms with Crippen LogP contribution in [-0.2, 0) is 0 Å². The molecule has 3 rings (SSSR count).